The van der Waals surface area contributed by atoms with E-state index in [-0.39, 0.29) is 6.04 Å². The van der Waals surface area contributed by atoms with Crippen molar-refractivity contribution in [2.45, 2.75) is 46.4 Å². The molecule has 0 unspecified atom stereocenters. The average molecular weight is 308 g/mol. The molecule has 21 heavy (non-hydrogen) atoms. The molecule has 0 saturated carbocycles. The number of ether oxygens (including phenoxy) is 1. The Hall–Kier alpha value is -1.52. The standard InChI is InChI=1S/C16H22ClN3O/c1-4-14(18)12-6-8-13(9-7-12)21-10-15-16(17)11(3)19-20(15)5-2/h6-9,14H,4-5,10,18H2,1-3H3/t14-/m0/s1. The molecule has 114 valence electrons. The minimum absolute atomic E-state index is 0.0812. The summed E-state index contributed by atoms with van der Waals surface area (Å²) >= 11 is 6.26. The van der Waals surface area contributed by atoms with Crippen LogP contribution in [0.3, 0.4) is 0 Å². The molecule has 0 bridgehead atoms. The maximum Gasteiger partial charge on any atom is 0.131 e. The Bertz CT molecular complexity index is 592. The molecule has 1 aromatic heterocycles. The molecule has 1 aromatic carbocycles. The third-order valence-corrected chi connectivity index (χ3v) is 4.07. The van der Waals surface area contributed by atoms with Crippen LogP contribution in [0.5, 0.6) is 5.75 Å². The summed E-state index contributed by atoms with van der Waals surface area (Å²) in [5.41, 5.74) is 8.87. The number of hydrogen-bond acceptors (Lipinski definition) is 3. The average Bonchev–Trinajstić information content (AvgIpc) is 2.79. The highest BCUT2D eigenvalue weighted by atomic mass is 35.5. The van der Waals surface area contributed by atoms with Crippen LogP contribution in [0.25, 0.3) is 0 Å². The lowest BCUT2D eigenvalue weighted by molar-refractivity contribution is 0.292. The minimum atomic E-state index is 0.0812. The van der Waals surface area contributed by atoms with E-state index in [4.69, 9.17) is 22.1 Å². The number of benzene rings is 1. The molecule has 0 saturated heterocycles. The first-order valence-electron chi connectivity index (χ1n) is 7.26. The second-order valence-electron chi connectivity index (χ2n) is 5.03. The van der Waals surface area contributed by atoms with Crippen molar-refractivity contribution >= 4 is 11.6 Å². The molecule has 2 N–H and O–H groups in total. The van der Waals surface area contributed by atoms with Crippen LogP contribution in [0, 0.1) is 6.92 Å². The third kappa shape index (κ3) is 3.57. The van der Waals surface area contributed by atoms with Crippen LogP contribution in [0.2, 0.25) is 5.02 Å². The molecular formula is C16H22ClN3O. The maximum absolute atomic E-state index is 6.26. The first kappa shape index (κ1) is 15.9. The fraction of sp³-hybridized carbons (Fsp3) is 0.438. The van der Waals surface area contributed by atoms with E-state index in [0.29, 0.717) is 11.6 Å². The Morgan fingerprint density at radius 2 is 1.95 bits per heavy atom. The second-order valence-corrected chi connectivity index (χ2v) is 5.41. The third-order valence-electron chi connectivity index (χ3n) is 3.58. The van der Waals surface area contributed by atoms with E-state index >= 15 is 0 Å². The summed E-state index contributed by atoms with van der Waals surface area (Å²) in [6.45, 7) is 7.20. The first-order chi connectivity index (χ1) is 10.1. The minimum Gasteiger partial charge on any atom is -0.487 e. The molecule has 1 atom stereocenters. The van der Waals surface area contributed by atoms with Crippen LogP contribution in [0.15, 0.2) is 24.3 Å². The molecule has 0 aliphatic carbocycles. The van der Waals surface area contributed by atoms with Crippen LogP contribution in [0.4, 0.5) is 0 Å². The highest BCUT2D eigenvalue weighted by Crippen LogP contribution is 2.23. The molecule has 1 heterocycles. The highest BCUT2D eigenvalue weighted by Gasteiger charge is 2.13. The first-order valence-corrected chi connectivity index (χ1v) is 7.64. The second kappa shape index (κ2) is 6.96. The summed E-state index contributed by atoms with van der Waals surface area (Å²) in [7, 11) is 0. The number of aromatic nitrogens is 2. The van der Waals surface area contributed by atoms with Crippen LogP contribution >= 0.6 is 11.6 Å². The molecule has 2 rings (SSSR count). The quantitative estimate of drug-likeness (QED) is 0.882. The summed E-state index contributed by atoms with van der Waals surface area (Å²) in [4.78, 5) is 0. The van der Waals surface area contributed by atoms with E-state index in [1.165, 1.54) is 0 Å². The molecule has 5 heteroatoms. The van der Waals surface area contributed by atoms with Gasteiger partial charge in [0.15, 0.2) is 0 Å². The van der Waals surface area contributed by atoms with Gasteiger partial charge in [0.1, 0.15) is 12.4 Å². The summed E-state index contributed by atoms with van der Waals surface area (Å²) in [5.74, 6) is 0.805. The van der Waals surface area contributed by atoms with Gasteiger partial charge in [-0.05, 0) is 38.0 Å². The Labute approximate surface area is 130 Å². The zero-order chi connectivity index (χ0) is 15.4. The smallest absolute Gasteiger partial charge is 0.131 e. The number of aryl methyl sites for hydroxylation is 2. The van der Waals surface area contributed by atoms with Crippen molar-refractivity contribution in [3.05, 3.63) is 46.2 Å². The van der Waals surface area contributed by atoms with Gasteiger partial charge in [0.05, 0.1) is 16.4 Å². The zero-order valence-corrected chi connectivity index (χ0v) is 13.5. The highest BCUT2D eigenvalue weighted by molar-refractivity contribution is 6.31. The Kier molecular flexibility index (Phi) is 5.26. The predicted molar refractivity (Wildman–Crippen MR) is 85.6 cm³/mol. The normalized spacial score (nSPS) is 12.4. The monoisotopic (exact) mass is 307 g/mol. The molecule has 0 radical (unpaired) electrons. The van der Waals surface area contributed by atoms with Gasteiger partial charge in [0.25, 0.3) is 0 Å². The lowest BCUT2D eigenvalue weighted by atomic mass is 10.1. The number of hydrogen-bond donors (Lipinski definition) is 1. The predicted octanol–water partition coefficient (Wildman–Crippen LogP) is 3.85. The Morgan fingerprint density at radius 3 is 2.52 bits per heavy atom. The summed E-state index contributed by atoms with van der Waals surface area (Å²) < 4.78 is 7.69. The molecule has 2 aromatic rings. The summed E-state index contributed by atoms with van der Waals surface area (Å²) in [6.07, 6.45) is 0.921. The van der Waals surface area contributed by atoms with Crippen molar-refractivity contribution in [3.63, 3.8) is 0 Å². The van der Waals surface area contributed by atoms with Gasteiger partial charge >= 0.3 is 0 Å². The Balaban J connectivity index is 2.06. The fourth-order valence-electron chi connectivity index (χ4n) is 2.21. The van der Waals surface area contributed by atoms with Gasteiger partial charge in [-0.25, -0.2) is 0 Å². The van der Waals surface area contributed by atoms with Crippen LogP contribution in [0.1, 0.15) is 43.3 Å². The number of rotatable bonds is 6. The van der Waals surface area contributed by atoms with Crippen LogP contribution < -0.4 is 10.5 Å². The largest absolute Gasteiger partial charge is 0.487 e. The number of nitrogens with two attached hydrogens (primary N) is 1. The lowest BCUT2D eigenvalue weighted by Crippen LogP contribution is -2.09. The van der Waals surface area contributed by atoms with Crippen LogP contribution in [-0.2, 0) is 13.2 Å². The van der Waals surface area contributed by atoms with E-state index in [1.807, 2.05) is 42.8 Å². The maximum atomic E-state index is 6.26. The zero-order valence-electron chi connectivity index (χ0n) is 12.8. The fourth-order valence-corrected chi connectivity index (χ4v) is 2.40. The Morgan fingerprint density at radius 1 is 1.29 bits per heavy atom. The van der Waals surface area contributed by atoms with Gasteiger partial charge in [0.2, 0.25) is 0 Å². The molecule has 0 fully saturated rings. The van der Waals surface area contributed by atoms with E-state index < -0.39 is 0 Å². The lowest BCUT2D eigenvalue weighted by Gasteiger charge is -2.11. The van der Waals surface area contributed by atoms with Gasteiger partial charge in [-0.2, -0.15) is 5.10 Å². The van der Waals surface area contributed by atoms with Crippen molar-refractivity contribution in [2.75, 3.05) is 0 Å². The van der Waals surface area contributed by atoms with E-state index in [2.05, 4.69) is 12.0 Å². The van der Waals surface area contributed by atoms with Gasteiger partial charge in [0, 0.05) is 12.6 Å². The molecule has 0 aliphatic rings. The van der Waals surface area contributed by atoms with Gasteiger partial charge in [-0.1, -0.05) is 30.7 Å². The van der Waals surface area contributed by atoms with Crippen molar-refractivity contribution in [1.82, 2.24) is 9.78 Å². The van der Waals surface area contributed by atoms with Crippen molar-refractivity contribution < 1.29 is 4.74 Å². The van der Waals surface area contributed by atoms with E-state index in [9.17, 15) is 0 Å². The topological polar surface area (TPSA) is 53.1 Å². The van der Waals surface area contributed by atoms with E-state index in [1.54, 1.807) is 0 Å². The van der Waals surface area contributed by atoms with Crippen molar-refractivity contribution in [3.8, 4) is 5.75 Å². The number of halogens is 1. The number of nitrogens with zero attached hydrogens (tertiary/aromatic N) is 2. The molecule has 0 aliphatic heterocycles. The summed E-state index contributed by atoms with van der Waals surface area (Å²) in [6, 6.07) is 7.98. The SMILES string of the molecule is CC[C@H](N)c1ccc(OCc2c(Cl)c(C)nn2CC)cc1. The van der Waals surface area contributed by atoms with Crippen LogP contribution in [-0.4, -0.2) is 9.78 Å². The van der Waals surface area contributed by atoms with Crippen molar-refractivity contribution in [2.24, 2.45) is 5.73 Å². The molecule has 0 spiro atoms. The van der Waals surface area contributed by atoms with Gasteiger partial charge in [-0.15, -0.1) is 0 Å². The summed E-state index contributed by atoms with van der Waals surface area (Å²) in [5, 5.41) is 5.06. The van der Waals surface area contributed by atoms with Crippen molar-refractivity contribution in [1.29, 1.82) is 0 Å². The van der Waals surface area contributed by atoms with Gasteiger partial charge < -0.3 is 10.5 Å². The van der Waals surface area contributed by atoms with E-state index in [0.717, 1.165) is 35.7 Å². The van der Waals surface area contributed by atoms with Gasteiger partial charge in [-0.3, -0.25) is 4.68 Å². The molecule has 0 amide bonds. The molecule has 4 nitrogen and oxygen atoms in total. The molecular weight excluding hydrogens is 286 g/mol.